The number of hydrogen-bond donors (Lipinski definition) is 1. The number of carboxylic acid groups (broad SMARTS) is 1. The van der Waals surface area contributed by atoms with Gasteiger partial charge >= 0.3 is 5.97 Å². The van der Waals surface area contributed by atoms with E-state index >= 15 is 0 Å². The molecule has 1 aromatic rings. The van der Waals surface area contributed by atoms with Crippen molar-refractivity contribution in [2.45, 2.75) is 0 Å². The van der Waals surface area contributed by atoms with Crippen LogP contribution in [0.3, 0.4) is 0 Å². The van der Waals surface area contributed by atoms with Crippen LogP contribution in [0.2, 0.25) is 4.47 Å². The normalized spacial score (nSPS) is 11.4. The van der Waals surface area contributed by atoms with E-state index in [4.69, 9.17) is 16.7 Å². The van der Waals surface area contributed by atoms with Gasteiger partial charge in [0, 0.05) is 7.05 Å². The molecule has 0 bridgehead atoms. The van der Waals surface area contributed by atoms with E-state index in [1.165, 1.54) is 7.05 Å². The van der Waals surface area contributed by atoms with E-state index in [-0.39, 0.29) is 15.2 Å². The fraction of sp³-hybridized carbons (Fsp3) is 0.333. The molecule has 1 heterocycles. The van der Waals surface area contributed by atoms with Crippen LogP contribution in [0.1, 0.15) is 10.5 Å². The molecular formula is C6H7ClN2O4S2. The number of thiazole rings is 1. The number of anilines is 1. The molecule has 0 fully saturated rings. The molecule has 0 saturated heterocycles. The summed E-state index contributed by atoms with van der Waals surface area (Å²) in [6.45, 7) is 0. The van der Waals surface area contributed by atoms with Gasteiger partial charge in [-0.3, -0.25) is 4.31 Å². The molecule has 1 rings (SSSR count). The summed E-state index contributed by atoms with van der Waals surface area (Å²) in [6.07, 6.45) is 0.965. The first-order valence-electron chi connectivity index (χ1n) is 3.57. The predicted octanol–water partition coefficient (Wildman–Crippen LogP) is 0.891. The second-order valence-corrected chi connectivity index (χ2v) is 6.23. The van der Waals surface area contributed by atoms with Crippen LogP contribution in [0.5, 0.6) is 0 Å². The fourth-order valence-electron chi connectivity index (χ4n) is 0.790. The Hall–Kier alpha value is -0.860. The molecule has 0 amide bonds. The Labute approximate surface area is 95.2 Å². The molecule has 9 heteroatoms. The van der Waals surface area contributed by atoms with Crippen LogP contribution in [0.25, 0.3) is 0 Å². The monoisotopic (exact) mass is 270 g/mol. The molecule has 0 radical (unpaired) electrons. The Balaban J connectivity index is 3.31. The highest BCUT2D eigenvalue weighted by Crippen LogP contribution is 2.32. The van der Waals surface area contributed by atoms with Crippen molar-refractivity contribution in [3.05, 3.63) is 10.2 Å². The number of carboxylic acids is 1. The molecule has 0 aliphatic rings. The number of aromatic nitrogens is 1. The van der Waals surface area contributed by atoms with Crippen molar-refractivity contribution in [2.24, 2.45) is 0 Å². The van der Waals surface area contributed by atoms with E-state index in [9.17, 15) is 13.2 Å². The van der Waals surface area contributed by atoms with Gasteiger partial charge < -0.3 is 5.11 Å². The van der Waals surface area contributed by atoms with Gasteiger partial charge in [0.05, 0.1) is 6.26 Å². The summed E-state index contributed by atoms with van der Waals surface area (Å²) in [7, 11) is -2.28. The van der Waals surface area contributed by atoms with Gasteiger partial charge in [0.25, 0.3) is 0 Å². The number of rotatable bonds is 3. The summed E-state index contributed by atoms with van der Waals surface area (Å²) >= 11 is 6.32. The smallest absolute Gasteiger partial charge is 0.357 e. The van der Waals surface area contributed by atoms with Gasteiger partial charge in [0.1, 0.15) is 5.00 Å². The molecule has 0 saturated carbocycles. The number of sulfonamides is 1. The summed E-state index contributed by atoms with van der Waals surface area (Å²) in [5, 5.41) is 8.75. The lowest BCUT2D eigenvalue weighted by atomic mass is 10.5. The number of nitrogens with zero attached hydrogens (tertiary/aromatic N) is 2. The zero-order valence-corrected chi connectivity index (χ0v) is 10.1. The van der Waals surface area contributed by atoms with E-state index in [1.54, 1.807) is 0 Å². The lowest BCUT2D eigenvalue weighted by molar-refractivity contribution is 0.0692. The molecule has 84 valence electrons. The molecule has 15 heavy (non-hydrogen) atoms. The molecule has 0 atom stereocenters. The van der Waals surface area contributed by atoms with Gasteiger partial charge in [-0.05, 0) is 0 Å². The van der Waals surface area contributed by atoms with Crippen molar-refractivity contribution in [1.29, 1.82) is 0 Å². The Morgan fingerprint density at radius 3 is 2.53 bits per heavy atom. The Bertz CT molecular complexity index is 495. The van der Waals surface area contributed by atoms with Crippen LogP contribution in [-0.2, 0) is 10.0 Å². The highest BCUT2D eigenvalue weighted by Gasteiger charge is 2.24. The van der Waals surface area contributed by atoms with Crippen molar-refractivity contribution in [3.8, 4) is 0 Å². The highest BCUT2D eigenvalue weighted by molar-refractivity contribution is 7.92. The van der Waals surface area contributed by atoms with Gasteiger partial charge in [0.15, 0.2) is 10.2 Å². The standard InChI is InChI=1S/C6H7ClN2O4S2/c1-9(15(2,12)13)4-3(5(10)11)8-6(7)14-4/h1-2H3,(H,10,11). The third-order valence-corrected chi connectivity index (χ3v) is 4.10. The molecule has 0 aromatic carbocycles. The zero-order valence-electron chi connectivity index (χ0n) is 7.76. The van der Waals surface area contributed by atoms with Crippen LogP contribution < -0.4 is 4.31 Å². The van der Waals surface area contributed by atoms with Crippen molar-refractivity contribution < 1.29 is 18.3 Å². The summed E-state index contributed by atoms with van der Waals surface area (Å²) in [5.74, 6) is -1.32. The average molecular weight is 271 g/mol. The minimum absolute atomic E-state index is 0.00463. The average Bonchev–Trinajstić information content (AvgIpc) is 2.44. The lowest BCUT2D eigenvalue weighted by Crippen LogP contribution is -2.25. The lowest BCUT2D eigenvalue weighted by Gasteiger charge is -2.13. The minimum Gasteiger partial charge on any atom is -0.476 e. The maximum absolute atomic E-state index is 11.2. The van der Waals surface area contributed by atoms with Crippen molar-refractivity contribution in [2.75, 3.05) is 17.6 Å². The molecular weight excluding hydrogens is 264 g/mol. The van der Waals surface area contributed by atoms with E-state index < -0.39 is 16.0 Å². The van der Waals surface area contributed by atoms with Crippen molar-refractivity contribution in [3.63, 3.8) is 0 Å². The fourth-order valence-corrected chi connectivity index (χ4v) is 2.65. The Morgan fingerprint density at radius 1 is 1.60 bits per heavy atom. The molecule has 6 nitrogen and oxygen atoms in total. The summed E-state index contributed by atoms with van der Waals surface area (Å²) in [6, 6.07) is 0. The third-order valence-electron chi connectivity index (χ3n) is 1.57. The number of hydrogen-bond acceptors (Lipinski definition) is 5. The molecule has 1 aromatic heterocycles. The van der Waals surface area contributed by atoms with Gasteiger partial charge in [-0.15, -0.1) is 0 Å². The van der Waals surface area contributed by atoms with Crippen LogP contribution in [0.15, 0.2) is 0 Å². The highest BCUT2D eigenvalue weighted by atomic mass is 35.5. The predicted molar refractivity (Wildman–Crippen MR) is 57.3 cm³/mol. The Morgan fingerprint density at radius 2 is 2.13 bits per heavy atom. The van der Waals surface area contributed by atoms with Crippen LogP contribution in [0.4, 0.5) is 5.00 Å². The summed E-state index contributed by atoms with van der Waals surface area (Å²) in [5.41, 5.74) is -0.363. The second-order valence-electron chi connectivity index (χ2n) is 2.66. The Kier molecular flexibility index (Phi) is 3.22. The van der Waals surface area contributed by atoms with Crippen LogP contribution in [0, 0.1) is 0 Å². The number of halogens is 1. The molecule has 0 unspecified atom stereocenters. The van der Waals surface area contributed by atoms with E-state index in [0.717, 1.165) is 21.9 Å². The summed E-state index contributed by atoms with van der Waals surface area (Å²) in [4.78, 5) is 14.3. The quantitative estimate of drug-likeness (QED) is 0.881. The zero-order chi connectivity index (χ0) is 11.8. The molecule has 0 aliphatic carbocycles. The van der Waals surface area contributed by atoms with Gasteiger partial charge in [-0.2, -0.15) is 0 Å². The topological polar surface area (TPSA) is 87.6 Å². The number of carbonyl (C=O) groups is 1. The molecule has 0 spiro atoms. The van der Waals surface area contributed by atoms with Gasteiger partial charge in [-0.1, -0.05) is 22.9 Å². The SMILES string of the molecule is CN(c1sc(Cl)nc1C(=O)O)S(C)(=O)=O. The van der Waals surface area contributed by atoms with Gasteiger partial charge in [-0.25, -0.2) is 18.2 Å². The first-order valence-corrected chi connectivity index (χ1v) is 6.61. The molecule has 1 N–H and O–H groups in total. The van der Waals surface area contributed by atoms with E-state index in [2.05, 4.69) is 4.98 Å². The maximum atomic E-state index is 11.2. The molecule has 0 aliphatic heterocycles. The first-order chi connectivity index (χ1) is 6.73. The largest absolute Gasteiger partial charge is 0.476 e. The van der Waals surface area contributed by atoms with Crippen molar-refractivity contribution in [1.82, 2.24) is 4.98 Å². The van der Waals surface area contributed by atoms with Crippen LogP contribution in [-0.4, -0.2) is 37.8 Å². The number of aromatic carboxylic acids is 1. The third kappa shape index (κ3) is 2.58. The minimum atomic E-state index is -3.52. The van der Waals surface area contributed by atoms with Crippen molar-refractivity contribution >= 4 is 43.9 Å². The van der Waals surface area contributed by atoms with E-state index in [1.807, 2.05) is 0 Å². The second kappa shape index (κ2) is 3.95. The van der Waals surface area contributed by atoms with Gasteiger partial charge in [0.2, 0.25) is 10.0 Å². The van der Waals surface area contributed by atoms with Crippen LogP contribution >= 0.6 is 22.9 Å². The van der Waals surface area contributed by atoms with E-state index in [0.29, 0.717) is 0 Å². The first kappa shape index (κ1) is 12.2. The maximum Gasteiger partial charge on any atom is 0.357 e. The summed E-state index contributed by atoms with van der Waals surface area (Å²) < 4.78 is 23.2.